The number of nitrogens with one attached hydrogen (secondary N) is 3. The molecule has 2 aliphatic heterocycles. The number of hydrogen-bond acceptors (Lipinski definition) is 5. The van der Waals surface area contributed by atoms with E-state index in [1.165, 1.54) is 0 Å². The van der Waals surface area contributed by atoms with Gasteiger partial charge in [-0.1, -0.05) is 11.3 Å². The summed E-state index contributed by atoms with van der Waals surface area (Å²) in [5.41, 5.74) is 4.69. The molecule has 0 aliphatic carbocycles. The van der Waals surface area contributed by atoms with Crippen LogP contribution in [-0.4, -0.2) is 58.3 Å². The van der Waals surface area contributed by atoms with Crippen LogP contribution in [0.2, 0.25) is 0 Å². The fourth-order valence-electron chi connectivity index (χ4n) is 3.44. The van der Waals surface area contributed by atoms with Crippen LogP contribution in [0.4, 0.5) is 4.79 Å². The van der Waals surface area contributed by atoms with Crippen LogP contribution in [-0.2, 0) is 9.59 Å². The number of aliphatic carboxylic acids is 1. The molecule has 2 unspecified atom stereocenters. The first-order valence-electron chi connectivity index (χ1n) is 9.26. The summed E-state index contributed by atoms with van der Waals surface area (Å²) in [6, 6.07) is -1.15. The highest BCUT2D eigenvalue weighted by Crippen LogP contribution is 2.42. The fraction of sp³-hybridized carbons (Fsp3) is 0.765. The number of thioether (sulfide) groups is 1. The Morgan fingerprint density at radius 3 is 2.89 bits per heavy atom. The lowest BCUT2D eigenvalue weighted by Crippen LogP contribution is -2.50. The fourth-order valence-corrected chi connectivity index (χ4v) is 5.07. The molecule has 0 aromatic carbocycles. The maximum atomic E-state index is 11.8. The number of carboxylic acids is 1. The Labute approximate surface area is 163 Å². The Kier molecular flexibility index (Phi) is 7.74. The minimum Gasteiger partial charge on any atom is -0.480 e. The number of carbonyl (C=O) groups excluding carboxylic acids is 2. The molecule has 0 spiro atoms. The molecule has 3 amide bonds. The van der Waals surface area contributed by atoms with Gasteiger partial charge in [0.15, 0.2) is 0 Å². The van der Waals surface area contributed by atoms with Gasteiger partial charge in [0.2, 0.25) is 5.91 Å². The van der Waals surface area contributed by atoms with Gasteiger partial charge >= 0.3 is 17.7 Å². The van der Waals surface area contributed by atoms with Crippen LogP contribution >= 0.6 is 11.8 Å². The normalized spacial score (nSPS) is 27.2. The maximum Gasteiger partial charge on any atom is 0.389 e. The standard InChI is InChI=1S/C17H27N5O4S/c1-19-17-12(21-16(26)22-17)10-27-13(17)7-2-3-8-14(23)20-9-5-4-6-11(18)15(24)25/h1,11-13H,2-10,18H2,(H3-,20,21,22,23,24,25,26)/p+1/t11?,12-,13?,17-/m0/s1. The number of rotatable bonds is 11. The molecule has 27 heavy (non-hydrogen) atoms. The molecule has 2 saturated heterocycles. The number of fused-ring (bicyclic) bond motifs is 1. The molecule has 6 N–H and O–H groups in total. The van der Waals surface area contributed by atoms with Crippen molar-refractivity contribution in [2.24, 2.45) is 5.73 Å². The van der Waals surface area contributed by atoms with E-state index in [1.807, 2.05) is 0 Å². The van der Waals surface area contributed by atoms with Crippen molar-refractivity contribution in [1.82, 2.24) is 16.0 Å². The van der Waals surface area contributed by atoms with Crippen LogP contribution in [0.25, 0.3) is 4.85 Å². The molecular formula is C17H28N5O4S+. The summed E-state index contributed by atoms with van der Waals surface area (Å²) in [7, 11) is 0. The van der Waals surface area contributed by atoms with E-state index in [2.05, 4.69) is 20.8 Å². The number of carbonyl (C=O) groups is 3. The highest BCUT2D eigenvalue weighted by atomic mass is 32.2. The minimum atomic E-state index is -0.997. The first-order valence-corrected chi connectivity index (χ1v) is 10.3. The van der Waals surface area contributed by atoms with Gasteiger partial charge in [-0.15, -0.1) is 11.8 Å². The highest BCUT2D eigenvalue weighted by molar-refractivity contribution is 8.00. The molecule has 2 rings (SSSR count). The van der Waals surface area contributed by atoms with E-state index in [1.54, 1.807) is 11.8 Å². The molecule has 4 atom stereocenters. The summed E-state index contributed by atoms with van der Waals surface area (Å²) < 4.78 is 0. The van der Waals surface area contributed by atoms with Gasteiger partial charge < -0.3 is 21.5 Å². The Morgan fingerprint density at radius 1 is 1.41 bits per heavy atom. The second-order valence-electron chi connectivity index (χ2n) is 6.96. The van der Waals surface area contributed by atoms with E-state index in [4.69, 9.17) is 17.4 Å². The molecule has 0 aromatic rings. The largest absolute Gasteiger partial charge is 0.480 e. The van der Waals surface area contributed by atoms with Crippen LogP contribution < -0.4 is 21.7 Å². The molecule has 0 bridgehead atoms. The van der Waals surface area contributed by atoms with E-state index in [-0.39, 0.29) is 23.2 Å². The van der Waals surface area contributed by atoms with Crippen molar-refractivity contribution in [2.45, 2.75) is 67.9 Å². The third-order valence-corrected chi connectivity index (χ3v) is 6.54. The quantitative estimate of drug-likeness (QED) is 0.257. The lowest BCUT2D eigenvalue weighted by Gasteiger charge is -2.17. The van der Waals surface area contributed by atoms with Crippen LogP contribution in [0.1, 0.15) is 44.9 Å². The molecular weight excluding hydrogens is 370 g/mol. The number of urea groups is 1. The van der Waals surface area contributed by atoms with Gasteiger partial charge in [0, 0.05) is 18.7 Å². The van der Waals surface area contributed by atoms with Gasteiger partial charge in [0.1, 0.15) is 17.3 Å². The monoisotopic (exact) mass is 398 g/mol. The van der Waals surface area contributed by atoms with E-state index < -0.39 is 17.7 Å². The van der Waals surface area contributed by atoms with Crippen molar-refractivity contribution in [1.29, 1.82) is 0 Å². The van der Waals surface area contributed by atoms with Gasteiger partial charge in [-0.2, -0.15) is 0 Å². The number of carboxylic acid groups (broad SMARTS) is 1. The topological polar surface area (TPSA) is 138 Å². The SMILES string of the molecule is C#[N+][C@]12NC(=O)N[C@H]1CSC2CCCCC(=O)NCCCCC(N)C(=O)O. The summed E-state index contributed by atoms with van der Waals surface area (Å²) in [4.78, 5) is 38.0. The Morgan fingerprint density at radius 2 is 2.19 bits per heavy atom. The number of nitrogens with two attached hydrogens (primary N) is 1. The molecule has 0 saturated carbocycles. The zero-order valence-corrected chi connectivity index (χ0v) is 16.1. The Balaban J connectivity index is 1.56. The van der Waals surface area contributed by atoms with Crippen molar-refractivity contribution < 1.29 is 19.5 Å². The van der Waals surface area contributed by atoms with E-state index in [0.717, 1.165) is 25.0 Å². The van der Waals surface area contributed by atoms with Crippen molar-refractivity contribution >= 4 is 29.7 Å². The van der Waals surface area contributed by atoms with E-state index >= 15 is 0 Å². The lowest BCUT2D eigenvalue weighted by atomic mass is 9.96. The average Bonchev–Trinajstić information content (AvgIpc) is 3.12. The molecule has 2 aliphatic rings. The van der Waals surface area contributed by atoms with E-state index in [0.29, 0.717) is 32.2 Å². The molecule has 0 aromatic heterocycles. The molecule has 150 valence electrons. The smallest absolute Gasteiger partial charge is 0.389 e. The summed E-state index contributed by atoms with van der Waals surface area (Å²) in [5.74, 6) is -0.234. The van der Waals surface area contributed by atoms with Gasteiger partial charge in [-0.25, -0.2) is 4.79 Å². The van der Waals surface area contributed by atoms with Crippen molar-refractivity contribution in [3.63, 3.8) is 0 Å². The summed E-state index contributed by atoms with van der Waals surface area (Å²) in [6.07, 6.45) is 4.64. The third kappa shape index (κ3) is 5.49. The summed E-state index contributed by atoms with van der Waals surface area (Å²) in [5, 5.41) is 17.3. The van der Waals surface area contributed by atoms with Crippen molar-refractivity contribution in [3.05, 3.63) is 4.85 Å². The van der Waals surface area contributed by atoms with Crippen molar-refractivity contribution in [2.75, 3.05) is 12.3 Å². The van der Waals surface area contributed by atoms with Crippen LogP contribution in [0.5, 0.6) is 0 Å². The van der Waals surface area contributed by atoms with E-state index in [9.17, 15) is 14.4 Å². The minimum absolute atomic E-state index is 0.0106. The van der Waals surface area contributed by atoms with Gasteiger partial charge in [0.05, 0.1) is 0 Å². The lowest BCUT2D eigenvalue weighted by molar-refractivity contribution is -0.138. The number of amides is 3. The van der Waals surface area contributed by atoms with Gasteiger partial charge in [0.25, 0.3) is 6.57 Å². The maximum absolute atomic E-state index is 11.8. The first kappa shape index (κ1) is 21.3. The summed E-state index contributed by atoms with van der Waals surface area (Å²) >= 11 is 1.74. The molecule has 2 fully saturated rings. The van der Waals surface area contributed by atoms with Crippen LogP contribution in [0.15, 0.2) is 0 Å². The predicted molar refractivity (Wildman–Crippen MR) is 104 cm³/mol. The van der Waals surface area contributed by atoms with Gasteiger partial charge in [-0.05, 0) is 32.1 Å². The molecule has 2 heterocycles. The second-order valence-corrected chi connectivity index (χ2v) is 8.20. The number of unbranched alkanes of at least 4 members (excludes halogenated alkanes) is 2. The summed E-state index contributed by atoms with van der Waals surface area (Å²) in [6.45, 7) is 6.11. The number of hydrogen-bond donors (Lipinski definition) is 5. The number of nitrogens with zero attached hydrogens (tertiary/aromatic N) is 1. The molecule has 0 radical (unpaired) electrons. The van der Waals surface area contributed by atoms with Crippen LogP contribution in [0.3, 0.4) is 0 Å². The predicted octanol–water partition coefficient (Wildman–Crippen LogP) is 0.701. The Hall–Kier alpha value is -1.99. The van der Waals surface area contributed by atoms with Crippen LogP contribution in [0, 0.1) is 6.57 Å². The first-order chi connectivity index (χ1) is 12.9. The molecule has 10 heteroatoms. The Bertz CT molecular complexity index is 611. The second kappa shape index (κ2) is 9.80. The zero-order chi connectivity index (χ0) is 19.9. The van der Waals surface area contributed by atoms with Gasteiger partial charge in [-0.3, -0.25) is 14.9 Å². The molecule has 9 nitrogen and oxygen atoms in total. The zero-order valence-electron chi connectivity index (χ0n) is 15.3. The average molecular weight is 399 g/mol. The van der Waals surface area contributed by atoms with Crippen molar-refractivity contribution in [3.8, 4) is 6.57 Å². The highest BCUT2D eigenvalue weighted by Gasteiger charge is 2.65. The third-order valence-electron chi connectivity index (χ3n) is 5.02.